The minimum atomic E-state index is -0.0773. The van der Waals surface area contributed by atoms with E-state index in [9.17, 15) is 10.2 Å². The van der Waals surface area contributed by atoms with E-state index in [1.54, 1.807) is 0 Å². The van der Waals surface area contributed by atoms with E-state index in [0.29, 0.717) is 24.2 Å². The van der Waals surface area contributed by atoms with Crippen molar-refractivity contribution in [3.8, 4) is 11.5 Å². The number of hydrogen-bond acceptors (Lipinski definition) is 8. The number of benzene rings is 2. The summed E-state index contributed by atoms with van der Waals surface area (Å²) < 4.78 is 0. The molecule has 0 spiro atoms. The van der Waals surface area contributed by atoms with Crippen LogP contribution < -0.4 is 0 Å². The Labute approximate surface area is 253 Å². The Morgan fingerprint density at radius 3 is 1.24 bits per heavy atom. The largest absolute Gasteiger partial charge is 0.507 e. The SMILES string of the molecule is CN(CCCCCCCCN(C)Cc1cc(C(C)(C)C)cc(/C=N/O)c1O)Cc1cc(C(C)(C)C)cc(/C=N/O)c1O. The zero-order valence-corrected chi connectivity index (χ0v) is 27.1. The third-order valence-corrected chi connectivity index (χ3v) is 7.77. The predicted molar refractivity (Wildman–Crippen MR) is 173 cm³/mol. The molecule has 0 radical (unpaired) electrons. The molecule has 8 nitrogen and oxygen atoms in total. The molecule has 0 unspecified atom stereocenters. The minimum absolute atomic E-state index is 0.0773. The van der Waals surface area contributed by atoms with E-state index >= 15 is 0 Å². The van der Waals surface area contributed by atoms with Gasteiger partial charge in [0.25, 0.3) is 0 Å². The van der Waals surface area contributed by atoms with Gasteiger partial charge >= 0.3 is 0 Å². The average Bonchev–Trinajstić information content (AvgIpc) is 2.89. The second kappa shape index (κ2) is 15.9. The standard InChI is InChI=1S/C34H54N4O4/c1-33(2,3)29-17-25(21-35-41)31(39)27(19-29)23-37(7)15-13-11-9-10-12-14-16-38(8)24-28-20-30(34(4,5)6)18-26(22-36-42)32(28)40/h17-22,39-42H,9-16,23-24H2,1-8H3/b35-21+,36-22+. The number of hydrogen-bond donors (Lipinski definition) is 4. The maximum absolute atomic E-state index is 10.7. The van der Waals surface area contributed by atoms with E-state index in [1.807, 2.05) is 12.1 Å². The van der Waals surface area contributed by atoms with Crippen LogP contribution in [0.5, 0.6) is 11.5 Å². The molecule has 0 atom stereocenters. The lowest BCUT2D eigenvalue weighted by molar-refractivity contribution is 0.304. The number of unbranched alkanes of at least 4 members (excludes halogenated alkanes) is 5. The van der Waals surface area contributed by atoms with Crippen molar-refractivity contribution in [2.24, 2.45) is 10.3 Å². The van der Waals surface area contributed by atoms with Crippen LogP contribution in [0.25, 0.3) is 0 Å². The van der Waals surface area contributed by atoms with Crippen LogP contribution in [0.4, 0.5) is 0 Å². The van der Waals surface area contributed by atoms with Gasteiger partial charge in [0, 0.05) is 35.3 Å². The zero-order chi connectivity index (χ0) is 31.5. The van der Waals surface area contributed by atoms with Crippen molar-refractivity contribution in [1.29, 1.82) is 0 Å². The third kappa shape index (κ3) is 11.0. The lowest BCUT2D eigenvalue weighted by Crippen LogP contribution is -2.20. The monoisotopic (exact) mass is 582 g/mol. The number of rotatable bonds is 15. The first-order chi connectivity index (χ1) is 19.7. The summed E-state index contributed by atoms with van der Waals surface area (Å²) in [5.41, 5.74) is 4.81. The Morgan fingerprint density at radius 1 is 0.595 bits per heavy atom. The van der Waals surface area contributed by atoms with Crippen LogP contribution in [0.2, 0.25) is 0 Å². The molecule has 0 saturated heterocycles. The van der Waals surface area contributed by atoms with E-state index in [-0.39, 0.29) is 22.3 Å². The van der Waals surface area contributed by atoms with Crippen molar-refractivity contribution >= 4 is 12.4 Å². The Morgan fingerprint density at radius 2 is 0.929 bits per heavy atom. The zero-order valence-electron chi connectivity index (χ0n) is 27.1. The summed E-state index contributed by atoms with van der Waals surface area (Å²) in [6.45, 7) is 16.0. The smallest absolute Gasteiger partial charge is 0.128 e. The summed E-state index contributed by atoms with van der Waals surface area (Å²) >= 11 is 0. The van der Waals surface area contributed by atoms with Crippen molar-refractivity contribution < 1.29 is 20.6 Å². The second-order valence-corrected chi connectivity index (χ2v) is 13.7. The number of aromatic hydroxyl groups is 2. The van der Waals surface area contributed by atoms with Gasteiger partial charge in [0.15, 0.2) is 0 Å². The summed E-state index contributed by atoms with van der Waals surface area (Å²) in [5.74, 6) is 0.350. The van der Waals surface area contributed by atoms with Gasteiger partial charge in [-0.15, -0.1) is 0 Å². The van der Waals surface area contributed by atoms with Gasteiger partial charge in [-0.25, -0.2) is 0 Å². The van der Waals surface area contributed by atoms with Crippen LogP contribution in [0.1, 0.15) is 113 Å². The molecule has 4 N–H and O–H groups in total. The van der Waals surface area contributed by atoms with Crippen molar-refractivity contribution in [3.63, 3.8) is 0 Å². The molecule has 0 amide bonds. The van der Waals surface area contributed by atoms with E-state index in [0.717, 1.165) is 48.2 Å². The lowest BCUT2D eigenvalue weighted by atomic mass is 9.84. The number of phenols is 2. The van der Waals surface area contributed by atoms with Gasteiger partial charge in [-0.1, -0.05) is 89.7 Å². The van der Waals surface area contributed by atoms with Crippen molar-refractivity contribution in [1.82, 2.24) is 9.80 Å². The van der Waals surface area contributed by atoms with Crippen LogP contribution in [0.3, 0.4) is 0 Å². The molecule has 0 fully saturated rings. The van der Waals surface area contributed by atoms with E-state index in [4.69, 9.17) is 10.4 Å². The summed E-state index contributed by atoms with van der Waals surface area (Å²) in [5, 5.41) is 45.7. The molecule has 0 aliphatic carbocycles. The van der Waals surface area contributed by atoms with Crippen molar-refractivity contribution in [2.75, 3.05) is 27.2 Å². The molecular formula is C34H54N4O4. The second-order valence-electron chi connectivity index (χ2n) is 13.7. The van der Waals surface area contributed by atoms with Crippen molar-refractivity contribution in [3.05, 3.63) is 57.6 Å². The average molecular weight is 583 g/mol. The molecular weight excluding hydrogens is 528 g/mol. The molecule has 0 aromatic heterocycles. The quantitative estimate of drug-likeness (QED) is 0.0764. The van der Waals surface area contributed by atoms with Gasteiger partial charge in [-0.05, 0) is 74.1 Å². The van der Waals surface area contributed by atoms with Crippen molar-refractivity contribution in [2.45, 2.75) is 104 Å². The molecule has 2 rings (SSSR count). The highest BCUT2D eigenvalue weighted by Crippen LogP contribution is 2.32. The first-order valence-electron chi connectivity index (χ1n) is 15.1. The first-order valence-corrected chi connectivity index (χ1v) is 15.1. The van der Waals surface area contributed by atoms with Crippen LogP contribution >= 0.6 is 0 Å². The molecule has 0 bridgehead atoms. The van der Waals surface area contributed by atoms with Gasteiger partial charge in [-0.3, -0.25) is 0 Å². The molecule has 42 heavy (non-hydrogen) atoms. The Balaban J connectivity index is 1.75. The van der Waals surface area contributed by atoms with E-state index in [1.165, 1.54) is 38.1 Å². The fourth-order valence-electron chi connectivity index (χ4n) is 5.08. The summed E-state index contributed by atoms with van der Waals surface area (Å²) in [7, 11) is 4.15. The highest BCUT2D eigenvalue weighted by molar-refractivity contribution is 5.84. The maximum atomic E-state index is 10.7. The third-order valence-electron chi connectivity index (χ3n) is 7.77. The minimum Gasteiger partial charge on any atom is -0.507 e. The molecule has 0 saturated carbocycles. The fraction of sp³-hybridized carbons (Fsp3) is 0.588. The van der Waals surface area contributed by atoms with Crippen LogP contribution in [-0.2, 0) is 23.9 Å². The summed E-state index contributed by atoms with van der Waals surface area (Å²) in [6, 6.07) is 7.88. The molecule has 0 aliphatic rings. The van der Waals surface area contributed by atoms with Crippen LogP contribution in [-0.4, -0.2) is 70.0 Å². The Hall–Kier alpha value is -3.10. The van der Waals surface area contributed by atoms with Crippen LogP contribution in [0.15, 0.2) is 34.6 Å². The normalized spacial score (nSPS) is 12.9. The molecule has 2 aromatic rings. The maximum Gasteiger partial charge on any atom is 0.128 e. The topological polar surface area (TPSA) is 112 Å². The Kier molecular flexibility index (Phi) is 13.3. The van der Waals surface area contributed by atoms with Crippen LogP contribution in [0, 0.1) is 0 Å². The van der Waals surface area contributed by atoms with Gasteiger partial charge in [0.05, 0.1) is 12.4 Å². The number of oxime groups is 2. The molecule has 8 heteroatoms. The Bertz CT molecular complexity index is 1100. The van der Waals surface area contributed by atoms with E-state index < -0.39 is 0 Å². The highest BCUT2D eigenvalue weighted by atomic mass is 16.4. The molecule has 0 aliphatic heterocycles. The molecule has 0 heterocycles. The lowest BCUT2D eigenvalue weighted by Gasteiger charge is -2.24. The highest BCUT2D eigenvalue weighted by Gasteiger charge is 2.20. The molecule has 2 aromatic carbocycles. The summed E-state index contributed by atoms with van der Waals surface area (Å²) in [4.78, 5) is 4.47. The number of phenolic OH excluding ortho intramolecular Hbond substituents is 2. The van der Waals surface area contributed by atoms with Gasteiger partial charge < -0.3 is 30.4 Å². The van der Waals surface area contributed by atoms with Gasteiger partial charge in [0.1, 0.15) is 11.5 Å². The molecule has 234 valence electrons. The van der Waals surface area contributed by atoms with E-state index in [2.05, 4.69) is 87.9 Å². The predicted octanol–water partition coefficient (Wildman–Crippen LogP) is 7.21. The first kappa shape index (κ1) is 35.1. The fourth-order valence-corrected chi connectivity index (χ4v) is 5.08. The van der Waals surface area contributed by atoms with Gasteiger partial charge in [0.2, 0.25) is 0 Å². The summed E-state index contributed by atoms with van der Waals surface area (Å²) in [6.07, 6.45) is 9.51. The number of nitrogens with zero attached hydrogens (tertiary/aromatic N) is 4. The van der Waals surface area contributed by atoms with Gasteiger partial charge in [-0.2, -0.15) is 0 Å².